The van der Waals surface area contributed by atoms with Crippen LogP contribution < -0.4 is 5.73 Å². The van der Waals surface area contributed by atoms with Gasteiger partial charge in [0.25, 0.3) is 0 Å². The van der Waals surface area contributed by atoms with Gasteiger partial charge in [-0.1, -0.05) is 43.3 Å². The molecule has 2 N–H and O–H groups in total. The minimum absolute atomic E-state index is 0.138. The molecule has 1 heterocycles. The van der Waals surface area contributed by atoms with E-state index in [-0.39, 0.29) is 6.04 Å². The summed E-state index contributed by atoms with van der Waals surface area (Å²) >= 11 is 0. The molecule has 2 heteroatoms. The Morgan fingerprint density at radius 1 is 1.16 bits per heavy atom. The van der Waals surface area contributed by atoms with Crippen molar-refractivity contribution in [3.8, 4) is 0 Å². The van der Waals surface area contributed by atoms with Crippen LogP contribution in [0.15, 0.2) is 48.7 Å². The molecule has 2 nitrogen and oxygen atoms in total. The van der Waals surface area contributed by atoms with Gasteiger partial charge < -0.3 is 5.73 Å². The monoisotopic (exact) mass is 252 g/mol. The second kappa shape index (κ2) is 5.14. The summed E-state index contributed by atoms with van der Waals surface area (Å²) in [6.45, 7) is 2.22. The normalized spacial score (nSPS) is 20.8. The lowest BCUT2D eigenvalue weighted by Crippen LogP contribution is -2.33. The number of fused-ring (bicyclic) bond motifs is 1. The third-order valence-corrected chi connectivity index (χ3v) is 4.37. The molecule has 0 fully saturated rings. The number of benzene rings is 1. The molecule has 1 aliphatic carbocycles. The first kappa shape index (κ1) is 12.4. The van der Waals surface area contributed by atoms with Crippen LogP contribution in [0.1, 0.15) is 42.0 Å². The van der Waals surface area contributed by atoms with Crippen molar-refractivity contribution in [2.24, 2.45) is 5.73 Å². The second-order valence-corrected chi connectivity index (χ2v) is 5.47. The van der Waals surface area contributed by atoms with Crippen LogP contribution in [0.3, 0.4) is 0 Å². The molecule has 0 spiro atoms. The molecule has 2 aromatic rings. The molecule has 0 radical (unpaired) electrons. The molecule has 0 amide bonds. The molecule has 0 bridgehead atoms. The fourth-order valence-corrected chi connectivity index (χ4v) is 3.15. The van der Waals surface area contributed by atoms with Gasteiger partial charge in [-0.3, -0.25) is 4.98 Å². The molecule has 1 aromatic carbocycles. The second-order valence-electron chi connectivity index (χ2n) is 5.47. The highest BCUT2D eigenvalue weighted by atomic mass is 14.8. The Hall–Kier alpha value is -1.67. The summed E-state index contributed by atoms with van der Waals surface area (Å²) in [5.74, 6) is 0.755. The quantitative estimate of drug-likeness (QED) is 0.910. The number of nitrogens with two attached hydrogens (primary N) is 1. The average Bonchev–Trinajstić information content (AvgIpc) is 2.90. The Balaban J connectivity index is 1.84. The highest BCUT2D eigenvalue weighted by Gasteiger charge is 2.32. The topological polar surface area (TPSA) is 38.9 Å². The summed E-state index contributed by atoms with van der Waals surface area (Å²) in [6, 6.07) is 14.9. The first-order valence-corrected chi connectivity index (χ1v) is 7.01. The number of hydrogen-bond acceptors (Lipinski definition) is 2. The van der Waals surface area contributed by atoms with E-state index in [1.807, 2.05) is 18.3 Å². The van der Waals surface area contributed by atoms with E-state index >= 15 is 0 Å². The Bertz CT molecular complexity index is 550. The van der Waals surface area contributed by atoms with Gasteiger partial charge in [0.05, 0.1) is 0 Å². The van der Waals surface area contributed by atoms with E-state index in [9.17, 15) is 0 Å². The highest BCUT2D eigenvalue weighted by Crippen LogP contribution is 2.37. The first-order chi connectivity index (χ1) is 9.27. The van der Waals surface area contributed by atoms with Crippen molar-refractivity contribution in [1.29, 1.82) is 0 Å². The van der Waals surface area contributed by atoms with Crippen LogP contribution in [0.4, 0.5) is 0 Å². The summed E-state index contributed by atoms with van der Waals surface area (Å²) in [5.41, 5.74) is 10.4. The summed E-state index contributed by atoms with van der Waals surface area (Å²) in [5, 5.41) is 0. The summed E-state index contributed by atoms with van der Waals surface area (Å²) < 4.78 is 0. The van der Waals surface area contributed by atoms with Crippen molar-refractivity contribution in [2.45, 2.75) is 37.6 Å². The first-order valence-electron chi connectivity index (χ1n) is 7.01. The van der Waals surface area contributed by atoms with Crippen LogP contribution in [0, 0.1) is 0 Å². The van der Waals surface area contributed by atoms with E-state index in [0.717, 1.165) is 12.8 Å². The zero-order valence-corrected chi connectivity index (χ0v) is 11.3. The van der Waals surface area contributed by atoms with E-state index in [2.05, 4.69) is 42.2 Å². The molecule has 3 atom stereocenters. The summed E-state index contributed by atoms with van der Waals surface area (Å²) in [4.78, 5) is 4.56. The minimum Gasteiger partial charge on any atom is -0.327 e. The van der Waals surface area contributed by atoms with Gasteiger partial charge in [0, 0.05) is 23.9 Å². The predicted molar refractivity (Wildman–Crippen MR) is 78.1 cm³/mol. The molecule has 0 saturated carbocycles. The number of aryl methyl sites for hydroxylation is 1. The zero-order valence-electron chi connectivity index (χ0n) is 11.3. The Kier molecular flexibility index (Phi) is 3.34. The van der Waals surface area contributed by atoms with Gasteiger partial charge in [-0.05, 0) is 36.0 Å². The molecule has 3 unspecified atom stereocenters. The summed E-state index contributed by atoms with van der Waals surface area (Å²) in [7, 11) is 0. The third-order valence-electron chi connectivity index (χ3n) is 4.37. The van der Waals surface area contributed by atoms with Gasteiger partial charge in [-0.2, -0.15) is 0 Å². The fraction of sp³-hybridized carbons (Fsp3) is 0.353. The molecule has 1 aromatic heterocycles. The van der Waals surface area contributed by atoms with Crippen molar-refractivity contribution in [2.75, 3.05) is 0 Å². The fourth-order valence-electron chi connectivity index (χ4n) is 3.15. The SMILES string of the molecule is CC(c1ccccc1)C(N)C1CCc2cccnc21. The molecule has 19 heavy (non-hydrogen) atoms. The molecule has 0 saturated heterocycles. The Morgan fingerprint density at radius 2 is 1.95 bits per heavy atom. The van der Waals surface area contributed by atoms with Crippen LogP contribution in [0.2, 0.25) is 0 Å². The minimum atomic E-state index is 0.138. The number of nitrogens with zero attached hydrogens (tertiary/aromatic N) is 1. The molecule has 3 rings (SSSR count). The molecule has 0 aliphatic heterocycles. The van der Waals surface area contributed by atoms with Gasteiger partial charge >= 0.3 is 0 Å². The number of aromatic nitrogens is 1. The van der Waals surface area contributed by atoms with E-state index in [1.54, 1.807) is 0 Å². The Labute approximate surface area is 114 Å². The van der Waals surface area contributed by atoms with Gasteiger partial charge in [-0.25, -0.2) is 0 Å². The third kappa shape index (κ3) is 2.28. The maximum atomic E-state index is 6.53. The van der Waals surface area contributed by atoms with Crippen LogP contribution >= 0.6 is 0 Å². The van der Waals surface area contributed by atoms with Crippen LogP contribution in [0.25, 0.3) is 0 Å². The van der Waals surface area contributed by atoms with Crippen molar-refractivity contribution in [3.05, 3.63) is 65.5 Å². The molecular formula is C17H20N2. The van der Waals surface area contributed by atoms with Gasteiger partial charge in [0.2, 0.25) is 0 Å². The zero-order chi connectivity index (χ0) is 13.2. The number of hydrogen-bond donors (Lipinski definition) is 1. The largest absolute Gasteiger partial charge is 0.327 e. The average molecular weight is 252 g/mol. The lowest BCUT2D eigenvalue weighted by molar-refractivity contribution is 0.459. The van der Waals surface area contributed by atoms with E-state index < -0.39 is 0 Å². The van der Waals surface area contributed by atoms with Crippen LogP contribution in [-0.2, 0) is 6.42 Å². The van der Waals surface area contributed by atoms with Crippen molar-refractivity contribution in [1.82, 2.24) is 4.98 Å². The van der Waals surface area contributed by atoms with Gasteiger partial charge in [0.15, 0.2) is 0 Å². The number of pyridine rings is 1. The predicted octanol–water partition coefficient (Wildman–Crippen LogP) is 3.24. The van der Waals surface area contributed by atoms with Gasteiger partial charge in [-0.15, -0.1) is 0 Å². The Morgan fingerprint density at radius 3 is 2.74 bits per heavy atom. The van der Waals surface area contributed by atoms with Crippen LogP contribution in [-0.4, -0.2) is 11.0 Å². The van der Waals surface area contributed by atoms with E-state index in [4.69, 9.17) is 5.73 Å². The lowest BCUT2D eigenvalue weighted by Gasteiger charge is -2.26. The van der Waals surface area contributed by atoms with E-state index in [1.165, 1.54) is 16.8 Å². The molecule has 1 aliphatic rings. The van der Waals surface area contributed by atoms with Gasteiger partial charge in [0.1, 0.15) is 0 Å². The highest BCUT2D eigenvalue weighted by molar-refractivity contribution is 5.32. The maximum Gasteiger partial charge on any atom is 0.0482 e. The number of rotatable bonds is 3. The smallest absolute Gasteiger partial charge is 0.0482 e. The molecular weight excluding hydrogens is 232 g/mol. The standard InChI is InChI=1S/C17H20N2/c1-12(13-6-3-2-4-7-13)16(18)15-10-9-14-8-5-11-19-17(14)15/h2-8,11-12,15-16H,9-10,18H2,1H3. The van der Waals surface area contributed by atoms with Crippen LogP contribution in [0.5, 0.6) is 0 Å². The van der Waals surface area contributed by atoms with E-state index in [0.29, 0.717) is 11.8 Å². The summed E-state index contributed by atoms with van der Waals surface area (Å²) in [6.07, 6.45) is 4.13. The maximum absolute atomic E-state index is 6.53. The molecule has 98 valence electrons. The van der Waals surface area contributed by atoms with Crippen molar-refractivity contribution >= 4 is 0 Å². The van der Waals surface area contributed by atoms with Crippen molar-refractivity contribution < 1.29 is 0 Å². The lowest BCUT2D eigenvalue weighted by atomic mass is 9.84. The van der Waals surface area contributed by atoms with Crippen molar-refractivity contribution in [3.63, 3.8) is 0 Å².